The maximum atomic E-state index is 13.4. The van der Waals surface area contributed by atoms with Crippen LogP contribution in [0.1, 0.15) is 79.5 Å². The van der Waals surface area contributed by atoms with Gasteiger partial charge in [0, 0.05) is 26.2 Å². The standard InChI is InChI=1S/C29H40N2O4/c1-3-5-11-22-34-26-16-9-7-14-24(26)28(32)30-18-13-19-31(21-20-30)29(33)25-15-8-10-17-27(25)35-23-12-6-4-2/h7-10,14-17H,3-6,11-13,18-23H2,1-2H3. The smallest absolute Gasteiger partial charge is 0.257 e. The minimum Gasteiger partial charge on any atom is -0.493 e. The Balaban J connectivity index is 1.62. The predicted octanol–water partition coefficient (Wildman–Crippen LogP) is 5.81. The minimum atomic E-state index is -0.0370. The molecule has 1 aliphatic rings. The van der Waals surface area contributed by atoms with Gasteiger partial charge in [0.15, 0.2) is 0 Å². The van der Waals surface area contributed by atoms with Crippen molar-refractivity contribution in [1.29, 1.82) is 0 Å². The predicted molar refractivity (Wildman–Crippen MR) is 139 cm³/mol. The molecule has 190 valence electrons. The van der Waals surface area contributed by atoms with Crippen molar-refractivity contribution < 1.29 is 19.1 Å². The summed E-state index contributed by atoms with van der Waals surface area (Å²) in [5.74, 6) is 1.20. The number of carbonyl (C=O) groups excluding carboxylic acids is 2. The summed E-state index contributed by atoms with van der Waals surface area (Å²) in [5, 5.41) is 0. The summed E-state index contributed by atoms with van der Waals surface area (Å²) in [5.41, 5.74) is 1.18. The summed E-state index contributed by atoms with van der Waals surface area (Å²) < 4.78 is 11.9. The molecule has 1 aliphatic heterocycles. The van der Waals surface area contributed by atoms with E-state index in [9.17, 15) is 9.59 Å². The fourth-order valence-corrected chi connectivity index (χ4v) is 4.27. The molecule has 2 aromatic carbocycles. The first-order valence-electron chi connectivity index (χ1n) is 13.2. The van der Waals surface area contributed by atoms with Crippen LogP contribution in [0.4, 0.5) is 0 Å². The van der Waals surface area contributed by atoms with Gasteiger partial charge in [-0.25, -0.2) is 0 Å². The van der Waals surface area contributed by atoms with Gasteiger partial charge in [-0.05, 0) is 43.5 Å². The molecule has 0 atom stereocenters. The van der Waals surface area contributed by atoms with Crippen molar-refractivity contribution >= 4 is 11.8 Å². The highest BCUT2D eigenvalue weighted by atomic mass is 16.5. The molecule has 0 bridgehead atoms. The van der Waals surface area contributed by atoms with Crippen LogP contribution in [0.3, 0.4) is 0 Å². The van der Waals surface area contributed by atoms with Crippen molar-refractivity contribution in [2.24, 2.45) is 0 Å². The van der Waals surface area contributed by atoms with Gasteiger partial charge in [0.1, 0.15) is 11.5 Å². The first-order valence-corrected chi connectivity index (χ1v) is 13.2. The Morgan fingerprint density at radius 1 is 0.657 bits per heavy atom. The Labute approximate surface area is 210 Å². The second-order valence-electron chi connectivity index (χ2n) is 9.04. The Hall–Kier alpha value is -3.02. The van der Waals surface area contributed by atoms with Crippen LogP contribution in [0.2, 0.25) is 0 Å². The molecule has 0 N–H and O–H groups in total. The average molecular weight is 481 g/mol. The number of benzene rings is 2. The Morgan fingerprint density at radius 3 is 1.51 bits per heavy atom. The second kappa shape index (κ2) is 14.4. The van der Waals surface area contributed by atoms with Gasteiger partial charge in [0.25, 0.3) is 11.8 Å². The van der Waals surface area contributed by atoms with E-state index >= 15 is 0 Å². The molecule has 3 rings (SSSR count). The molecule has 2 aromatic rings. The largest absolute Gasteiger partial charge is 0.493 e. The maximum absolute atomic E-state index is 13.4. The third-order valence-electron chi connectivity index (χ3n) is 6.32. The zero-order valence-electron chi connectivity index (χ0n) is 21.3. The first-order chi connectivity index (χ1) is 17.2. The lowest BCUT2D eigenvalue weighted by Crippen LogP contribution is -2.37. The summed E-state index contributed by atoms with van der Waals surface area (Å²) in [6.45, 7) is 7.75. The molecule has 0 radical (unpaired) electrons. The molecule has 6 heteroatoms. The maximum Gasteiger partial charge on any atom is 0.257 e. The second-order valence-corrected chi connectivity index (χ2v) is 9.04. The van der Waals surface area contributed by atoms with E-state index in [4.69, 9.17) is 9.47 Å². The first kappa shape index (κ1) is 26.6. The molecular formula is C29H40N2O4. The van der Waals surface area contributed by atoms with Crippen LogP contribution >= 0.6 is 0 Å². The van der Waals surface area contributed by atoms with Crippen molar-refractivity contribution in [2.45, 2.75) is 58.8 Å². The molecule has 6 nitrogen and oxygen atoms in total. The van der Waals surface area contributed by atoms with Crippen molar-refractivity contribution in [3.05, 3.63) is 59.7 Å². The summed E-state index contributed by atoms with van der Waals surface area (Å²) in [6, 6.07) is 14.9. The molecule has 2 amide bonds. The molecule has 0 saturated carbocycles. The zero-order chi connectivity index (χ0) is 24.9. The number of hydrogen-bond acceptors (Lipinski definition) is 4. The molecule has 35 heavy (non-hydrogen) atoms. The molecule has 0 aromatic heterocycles. The monoisotopic (exact) mass is 480 g/mol. The van der Waals surface area contributed by atoms with Gasteiger partial charge >= 0.3 is 0 Å². The molecule has 0 unspecified atom stereocenters. The van der Waals surface area contributed by atoms with Crippen LogP contribution in [-0.4, -0.2) is 61.0 Å². The van der Waals surface area contributed by atoms with Crippen molar-refractivity contribution in [1.82, 2.24) is 9.80 Å². The summed E-state index contributed by atoms with van der Waals surface area (Å²) in [7, 11) is 0. The number of nitrogens with zero attached hydrogens (tertiary/aromatic N) is 2. The Kier molecular flexibility index (Phi) is 10.9. The third kappa shape index (κ3) is 7.74. The quantitative estimate of drug-likeness (QED) is 0.360. The SMILES string of the molecule is CCCCCOc1ccccc1C(=O)N1CCCN(C(=O)c2ccccc2OCCCCC)CC1. The van der Waals surface area contributed by atoms with Crippen molar-refractivity contribution in [3.63, 3.8) is 0 Å². The zero-order valence-corrected chi connectivity index (χ0v) is 21.3. The number of hydrogen-bond donors (Lipinski definition) is 0. The van der Waals surface area contributed by atoms with Gasteiger partial charge in [-0.2, -0.15) is 0 Å². The number of amides is 2. The number of carbonyl (C=O) groups is 2. The van der Waals surface area contributed by atoms with Crippen LogP contribution in [0.25, 0.3) is 0 Å². The van der Waals surface area contributed by atoms with E-state index < -0.39 is 0 Å². The molecule has 1 saturated heterocycles. The molecule has 1 fully saturated rings. The lowest BCUT2D eigenvalue weighted by atomic mass is 10.1. The van der Waals surface area contributed by atoms with Crippen molar-refractivity contribution in [3.8, 4) is 11.5 Å². The lowest BCUT2D eigenvalue weighted by molar-refractivity contribution is 0.0714. The van der Waals surface area contributed by atoms with Gasteiger partial charge in [-0.3, -0.25) is 9.59 Å². The minimum absolute atomic E-state index is 0.0370. The highest BCUT2D eigenvalue weighted by Crippen LogP contribution is 2.23. The molecule has 0 aliphatic carbocycles. The van der Waals surface area contributed by atoms with Crippen LogP contribution in [-0.2, 0) is 0 Å². The third-order valence-corrected chi connectivity index (χ3v) is 6.32. The summed E-state index contributed by atoms with van der Waals surface area (Å²) in [6.07, 6.45) is 7.16. The van der Waals surface area contributed by atoms with Crippen LogP contribution < -0.4 is 9.47 Å². The normalized spacial score (nSPS) is 13.9. The number of unbranched alkanes of at least 4 members (excludes halogenated alkanes) is 4. The Bertz CT molecular complexity index is 870. The average Bonchev–Trinajstić information content (AvgIpc) is 3.15. The van der Waals surface area contributed by atoms with E-state index in [-0.39, 0.29) is 11.8 Å². The van der Waals surface area contributed by atoms with E-state index in [1.807, 2.05) is 58.3 Å². The van der Waals surface area contributed by atoms with Crippen molar-refractivity contribution in [2.75, 3.05) is 39.4 Å². The van der Waals surface area contributed by atoms with Gasteiger partial charge < -0.3 is 19.3 Å². The van der Waals surface area contributed by atoms with Crippen LogP contribution in [0.5, 0.6) is 11.5 Å². The summed E-state index contributed by atoms with van der Waals surface area (Å²) >= 11 is 0. The van der Waals surface area contributed by atoms with Gasteiger partial charge in [0.05, 0.1) is 24.3 Å². The molecule has 0 spiro atoms. The van der Waals surface area contributed by atoms with E-state index in [1.165, 1.54) is 0 Å². The van der Waals surface area contributed by atoms with Crippen LogP contribution in [0, 0.1) is 0 Å². The van der Waals surface area contributed by atoms with Gasteiger partial charge in [0.2, 0.25) is 0 Å². The lowest BCUT2D eigenvalue weighted by Gasteiger charge is -2.23. The van der Waals surface area contributed by atoms with E-state index in [1.54, 1.807) is 0 Å². The molecular weight excluding hydrogens is 440 g/mol. The fourth-order valence-electron chi connectivity index (χ4n) is 4.27. The number of ether oxygens (including phenoxy) is 2. The van der Waals surface area contributed by atoms with Crippen LogP contribution in [0.15, 0.2) is 48.5 Å². The topological polar surface area (TPSA) is 59.1 Å². The van der Waals surface area contributed by atoms with Gasteiger partial charge in [-0.15, -0.1) is 0 Å². The number of para-hydroxylation sites is 2. The van der Waals surface area contributed by atoms with E-state index in [2.05, 4.69) is 13.8 Å². The van der Waals surface area contributed by atoms with E-state index in [0.717, 1.165) is 44.9 Å². The highest BCUT2D eigenvalue weighted by Gasteiger charge is 2.26. The van der Waals surface area contributed by atoms with Gasteiger partial charge in [-0.1, -0.05) is 63.8 Å². The highest BCUT2D eigenvalue weighted by molar-refractivity contribution is 5.98. The Morgan fingerprint density at radius 2 is 1.09 bits per heavy atom. The summed E-state index contributed by atoms with van der Waals surface area (Å²) in [4.78, 5) is 30.4. The fraction of sp³-hybridized carbons (Fsp3) is 0.517. The van der Waals surface area contributed by atoms with E-state index in [0.29, 0.717) is 62.0 Å². The molecule has 1 heterocycles. The number of rotatable bonds is 12.